The molecule has 0 radical (unpaired) electrons. The number of carbonyl (C=O) groups is 1. The maximum absolute atomic E-state index is 12.5. The van der Waals surface area contributed by atoms with Gasteiger partial charge in [0.25, 0.3) is 5.22 Å². The van der Waals surface area contributed by atoms with Crippen LogP contribution in [-0.2, 0) is 4.79 Å². The maximum atomic E-state index is 12.5. The molecule has 1 amide bonds. The Morgan fingerprint density at radius 3 is 2.78 bits per heavy atom. The van der Waals surface area contributed by atoms with Crippen LogP contribution in [0.2, 0.25) is 5.02 Å². The molecule has 0 unspecified atom stereocenters. The number of aromatic nitrogens is 2. The summed E-state index contributed by atoms with van der Waals surface area (Å²) >= 11 is 7.18. The lowest BCUT2D eigenvalue weighted by Crippen LogP contribution is -2.22. The molecule has 0 aliphatic heterocycles. The van der Waals surface area contributed by atoms with E-state index in [-0.39, 0.29) is 5.91 Å². The molecule has 6 nitrogen and oxygen atoms in total. The minimum absolute atomic E-state index is 0.226. The number of carbonyl (C=O) groups excluding carboxylic acids is 1. The van der Waals surface area contributed by atoms with Gasteiger partial charge in [0, 0.05) is 10.6 Å². The number of ether oxygens (including phenoxy) is 1. The lowest BCUT2D eigenvalue weighted by molar-refractivity contribution is -0.115. The molecule has 0 aliphatic rings. The van der Waals surface area contributed by atoms with Crippen LogP contribution in [0.1, 0.15) is 12.5 Å². The molecule has 0 spiro atoms. The van der Waals surface area contributed by atoms with Crippen LogP contribution in [-0.4, -0.2) is 28.5 Å². The van der Waals surface area contributed by atoms with Gasteiger partial charge in [-0.1, -0.05) is 41.6 Å². The van der Waals surface area contributed by atoms with Gasteiger partial charge in [0.2, 0.25) is 11.8 Å². The number of hydrogen-bond donors (Lipinski definition) is 1. The molecular formula is C19H18ClN3O3S. The number of anilines is 1. The third-order valence-electron chi connectivity index (χ3n) is 3.85. The Kier molecular flexibility index (Phi) is 6.03. The Hall–Kier alpha value is -2.51. The summed E-state index contributed by atoms with van der Waals surface area (Å²) < 4.78 is 10.9. The van der Waals surface area contributed by atoms with Crippen LogP contribution in [0.25, 0.3) is 11.5 Å². The number of halogens is 1. The summed E-state index contributed by atoms with van der Waals surface area (Å²) in [7, 11) is 1.53. The van der Waals surface area contributed by atoms with E-state index in [0.717, 1.165) is 11.1 Å². The van der Waals surface area contributed by atoms with Crippen LogP contribution in [0.15, 0.2) is 52.1 Å². The predicted molar refractivity (Wildman–Crippen MR) is 106 cm³/mol. The second-order valence-electron chi connectivity index (χ2n) is 5.78. The molecule has 27 heavy (non-hydrogen) atoms. The van der Waals surface area contributed by atoms with Crippen LogP contribution in [0.3, 0.4) is 0 Å². The number of aryl methyl sites for hydroxylation is 1. The smallest absolute Gasteiger partial charge is 0.277 e. The van der Waals surface area contributed by atoms with Gasteiger partial charge >= 0.3 is 0 Å². The molecule has 0 fully saturated rings. The highest BCUT2D eigenvalue weighted by Gasteiger charge is 2.20. The molecule has 0 saturated heterocycles. The van der Waals surface area contributed by atoms with Gasteiger partial charge in [-0.15, -0.1) is 10.2 Å². The normalized spacial score (nSPS) is 11.9. The van der Waals surface area contributed by atoms with Crippen molar-refractivity contribution in [1.29, 1.82) is 0 Å². The zero-order valence-corrected chi connectivity index (χ0v) is 16.6. The first kappa shape index (κ1) is 19.3. The van der Waals surface area contributed by atoms with E-state index < -0.39 is 5.25 Å². The van der Waals surface area contributed by atoms with Crippen molar-refractivity contribution in [2.75, 3.05) is 12.4 Å². The molecule has 1 atom stereocenters. The first-order valence-corrected chi connectivity index (χ1v) is 9.44. The van der Waals surface area contributed by atoms with Gasteiger partial charge in [0.05, 0.1) is 18.0 Å². The Morgan fingerprint density at radius 2 is 2.04 bits per heavy atom. The molecule has 8 heteroatoms. The van der Waals surface area contributed by atoms with Crippen LogP contribution < -0.4 is 10.1 Å². The van der Waals surface area contributed by atoms with E-state index in [1.165, 1.54) is 18.9 Å². The number of amides is 1. The Labute approximate surface area is 166 Å². The molecule has 3 rings (SSSR count). The summed E-state index contributed by atoms with van der Waals surface area (Å²) in [4.78, 5) is 12.5. The van der Waals surface area contributed by atoms with Crippen LogP contribution >= 0.6 is 23.4 Å². The number of thioether (sulfide) groups is 1. The van der Waals surface area contributed by atoms with E-state index >= 15 is 0 Å². The fourth-order valence-corrected chi connectivity index (χ4v) is 3.25. The second-order valence-corrected chi connectivity index (χ2v) is 7.51. The van der Waals surface area contributed by atoms with E-state index in [1.54, 1.807) is 25.1 Å². The second kappa shape index (κ2) is 8.45. The van der Waals surface area contributed by atoms with E-state index in [2.05, 4.69) is 15.5 Å². The lowest BCUT2D eigenvalue weighted by Gasteiger charge is -2.13. The topological polar surface area (TPSA) is 77.2 Å². The fourth-order valence-electron chi connectivity index (χ4n) is 2.40. The van der Waals surface area contributed by atoms with Crippen molar-refractivity contribution >= 4 is 35.0 Å². The van der Waals surface area contributed by atoms with Crippen molar-refractivity contribution in [3.63, 3.8) is 0 Å². The first-order valence-electron chi connectivity index (χ1n) is 8.18. The molecule has 0 bridgehead atoms. The summed E-state index contributed by atoms with van der Waals surface area (Å²) in [6, 6.07) is 12.8. The SMILES string of the molecule is COc1ccc(Cl)cc1NC(=O)[C@H](C)Sc1nnc(-c2ccccc2C)o1. The highest BCUT2D eigenvalue weighted by atomic mass is 35.5. The van der Waals surface area contributed by atoms with Gasteiger partial charge in [0.1, 0.15) is 5.75 Å². The van der Waals surface area contributed by atoms with Crippen molar-refractivity contribution in [3.8, 4) is 17.2 Å². The summed E-state index contributed by atoms with van der Waals surface area (Å²) in [5.74, 6) is 0.737. The largest absolute Gasteiger partial charge is 0.495 e. The van der Waals surface area contributed by atoms with Crippen LogP contribution in [0.5, 0.6) is 5.75 Å². The average molecular weight is 404 g/mol. The van der Waals surface area contributed by atoms with Crippen molar-refractivity contribution in [1.82, 2.24) is 10.2 Å². The van der Waals surface area contributed by atoms with Gasteiger partial charge < -0.3 is 14.5 Å². The molecule has 0 saturated carbocycles. The molecule has 3 aromatic rings. The van der Waals surface area contributed by atoms with E-state index in [9.17, 15) is 4.79 Å². The van der Waals surface area contributed by atoms with E-state index in [4.69, 9.17) is 20.8 Å². The van der Waals surface area contributed by atoms with Crippen molar-refractivity contribution in [2.45, 2.75) is 24.3 Å². The van der Waals surface area contributed by atoms with Crippen molar-refractivity contribution < 1.29 is 13.9 Å². The first-order chi connectivity index (χ1) is 13.0. The number of hydrogen-bond acceptors (Lipinski definition) is 6. The molecular weight excluding hydrogens is 386 g/mol. The zero-order chi connectivity index (χ0) is 19.4. The standard InChI is InChI=1S/C19H18ClN3O3S/c1-11-6-4-5-7-14(11)18-22-23-19(26-18)27-12(2)17(24)21-15-10-13(20)8-9-16(15)25-3/h4-10,12H,1-3H3,(H,21,24)/t12-/m0/s1. The predicted octanol–water partition coefficient (Wildman–Crippen LogP) is 4.83. The molecule has 0 aliphatic carbocycles. The third-order valence-corrected chi connectivity index (χ3v) is 5.02. The Morgan fingerprint density at radius 1 is 1.26 bits per heavy atom. The minimum Gasteiger partial charge on any atom is -0.495 e. The molecule has 1 N–H and O–H groups in total. The van der Waals surface area contributed by atoms with Gasteiger partial charge in [-0.3, -0.25) is 4.79 Å². The number of nitrogens with zero attached hydrogens (tertiary/aromatic N) is 2. The summed E-state index contributed by atoms with van der Waals surface area (Å²) in [5, 5.41) is 11.3. The average Bonchev–Trinajstić information content (AvgIpc) is 3.10. The Bertz CT molecular complexity index is 961. The monoisotopic (exact) mass is 403 g/mol. The molecule has 1 heterocycles. The van der Waals surface area contributed by atoms with Crippen LogP contribution in [0.4, 0.5) is 5.69 Å². The van der Waals surface area contributed by atoms with Gasteiger partial charge in [-0.05, 0) is 43.7 Å². The lowest BCUT2D eigenvalue weighted by atomic mass is 10.1. The fraction of sp³-hybridized carbons (Fsp3) is 0.211. The number of rotatable bonds is 6. The van der Waals surface area contributed by atoms with Crippen molar-refractivity contribution in [3.05, 3.63) is 53.1 Å². The summed E-state index contributed by atoms with van der Waals surface area (Å²) in [6.45, 7) is 3.73. The van der Waals surface area contributed by atoms with Gasteiger partial charge in [0.15, 0.2) is 0 Å². The minimum atomic E-state index is -0.459. The quantitative estimate of drug-likeness (QED) is 0.594. The van der Waals surface area contributed by atoms with Gasteiger partial charge in [-0.2, -0.15) is 0 Å². The van der Waals surface area contributed by atoms with Crippen molar-refractivity contribution in [2.24, 2.45) is 0 Å². The number of methoxy groups -OCH3 is 1. The highest BCUT2D eigenvalue weighted by molar-refractivity contribution is 8.00. The molecule has 2 aromatic carbocycles. The number of nitrogens with one attached hydrogen (secondary N) is 1. The summed E-state index contributed by atoms with van der Waals surface area (Å²) in [5.41, 5.74) is 2.42. The molecule has 140 valence electrons. The van der Waals surface area contributed by atoms with Gasteiger partial charge in [-0.25, -0.2) is 0 Å². The highest BCUT2D eigenvalue weighted by Crippen LogP contribution is 2.31. The third kappa shape index (κ3) is 4.61. The Balaban J connectivity index is 1.69. The number of benzene rings is 2. The molecule has 1 aromatic heterocycles. The van der Waals surface area contributed by atoms with Crippen LogP contribution in [0, 0.1) is 6.92 Å². The maximum Gasteiger partial charge on any atom is 0.277 e. The zero-order valence-electron chi connectivity index (χ0n) is 15.0. The van der Waals surface area contributed by atoms with E-state index in [0.29, 0.717) is 27.6 Å². The summed E-state index contributed by atoms with van der Waals surface area (Å²) in [6.07, 6.45) is 0. The van der Waals surface area contributed by atoms with E-state index in [1.807, 2.05) is 31.2 Å².